The molecule has 1 amide bonds. The minimum atomic E-state index is -4.47. The number of aliphatic hydroxyl groups is 1. The van der Waals surface area contributed by atoms with E-state index < -0.39 is 11.7 Å². The van der Waals surface area contributed by atoms with Crippen LogP contribution in [0.25, 0.3) is 22.8 Å². The van der Waals surface area contributed by atoms with Crippen LogP contribution in [-0.2, 0) is 6.18 Å². The lowest BCUT2D eigenvalue weighted by molar-refractivity contribution is -0.137. The molecule has 9 nitrogen and oxygen atoms in total. The highest BCUT2D eigenvalue weighted by molar-refractivity contribution is 5.93. The third-order valence-corrected chi connectivity index (χ3v) is 8.08. The lowest BCUT2D eigenvalue weighted by atomic mass is 10.0. The highest BCUT2D eigenvalue weighted by Crippen LogP contribution is 2.36. The van der Waals surface area contributed by atoms with E-state index in [-0.39, 0.29) is 41.7 Å². The molecular weight excluding hydrogens is 573 g/mol. The second kappa shape index (κ2) is 14.1. The van der Waals surface area contributed by atoms with Crippen molar-refractivity contribution in [2.45, 2.75) is 63.3 Å². The Bertz CT molecular complexity index is 1460. The first-order valence-corrected chi connectivity index (χ1v) is 14.8. The predicted octanol–water partition coefficient (Wildman–Crippen LogP) is 5.74. The maximum absolute atomic E-state index is 13.2. The van der Waals surface area contributed by atoms with Gasteiger partial charge in [-0.1, -0.05) is 19.4 Å². The van der Waals surface area contributed by atoms with Gasteiger partial charge in [-0.3, -0.25) is 14.7 Å². The van der Waals surface area contributed by atoms with Crippen LogP contribution >= 0.6 is 0 Å². The smallest absolute Gasteiger partial charge is 0.416 e. The third kappa shape index (κ3) is 7.13. The van der Waals surface area contributed by atoms with Crippen molar-refractivity contribution in [2.75, 3.05) is 19.7 Å². The SMILES string of the molecule is CCC[C@@H](CCO)N1CCC2C1CCN2C(=O)c1coc(-c2cccc(C(F)(F)F)c2)n1.c1cnc(-c2cccnc2)nc1. The van der Waals surface area contributed by atoms with E-state index >= 15 is 0 Å². The van der Waals surface area contributed by atoms with Gasteiger partial charge in [-0.15, -0.1) is 0 Å². The average Bonchev–Trinajstić information content (AvgIpc) is 3.79. The number of carbonyl (C=O) groups excluding carboxylic acids is 1. The second-order valence-electron chi connectivity index (χ2n) is 10.8. The molecule has 2 unspecified atom stereocenters. The van der Waals surface area contributed by atoms with Crippen molar-refractivity contribution in [2.24, 2.45) is 0 Å². The molecule has 5 heterocycles. The summed E-state index contributed by atoms with van der Waals surface area (Å²) >= 11 is 0. The van der Waals surface area contributed by atoms with E-state index in [1.807, 2.05) is 17.0 Å². The first kappa shape index (κ1) is 31.3. The van der Waals surface area contributed by atoms with E-state index in [2.05, 4.69) is 31.8 Å². The number of fused-ring (bicyclic) bond motifs is 1. The van der Waals surface area contributed by atoms with Crippen molar-refractivity contribution in [3.8, 4) is 22.8 Å². The number of carbonyl (C=O) groups is 1. The van der Waals surface area contributed by atoms with Crippen molar-refractivity contribution in [3.63, 3.8) is 0 Å². The number of halogens is 3. The summed E-state index contributed by atoms with van der Waals surface area (Å²) in [5.41, 5.74) is 0.436. The maximum Gasteiger partial charge on any atom is 0.416 e. The van der Waals surface area contributed by atoms with Gasteiger partial charge < -0.3 is 14.4 Å². The molecule has 0 spiro atoms. The lowest BCUT2D eigenvalue weighted by Crippen LogP contribution is -2.43. The number of pyridine rings is 1. The van der Waals surface area contributed by atoms with Gasteiger partial charge >= 0.3 is 6.18 Å². The largest absolute Gasteiger partial charge is 0.444 e. The third-order valence-electron chi connectivity index (χ3n) is 8.08. The van der Waals surface area contributed by atoms with Gasteiger partial charge in [0.1, 0.15) is 6.26 Å². The number of amides is 1. The normalized spacial score (nSPS) is 18.9. The van der Waals surface area contributed by atoms with Gasteiger partial charge in [-0.05, 0) is 62.1 Å². The zero-order chi connectivity index (χ0) is 31.1. The van der Waals surface area contributed by atoms with Crippen LogP contribution in [0.2, 0.25) is 0 Å². The van der Waals surface area contributed by atoms with Gasteiger partial charge in [-0.2, -0.15) is 13.2 Å². The average molecular weight is 609 g/mol. The molecule has 0 saturated carbocycles. The highest BCUT2D eigenvalue weighted by Gasteiger charge is 2.46. The molecule has 3 aromatic heterocycles. The number of benzene rings is 1. The fourth-order valence-electron chi connectivity index (χ4n) is 6.11. The van der Waals surface area contributed by atoms with Crippen LogP contribution in [0.4, 0.5) is 13.2 Å². The van der Waals surface area contributed by atoms with Crippen LogP contribution in [0, 0.1) is 0 Å². The summed E-state index contributed by atoms with van der Waals surface area (Å²) in [4.78, 5) is 33.8. The first-order chi connectivity index (χ1) is 21.3. The molecule has 2 fully saturated rings. The quantitative estimate of drug-likeness (QED) is 0.270. The lowest BCUT2D eigenvalue weighted by Gasteiger charge is -2.32. The molecule has 232 valence electrons. The molecule has 12 heteroatoms. The Morgan fingerprint density at radius 3 is 2.50 bits per heavy atom. The van der Waals surface area contributed by atoms with Crippen molar-refractivity contribution in [1.29, 1.82) is 0 Å². The van der Waals surface area contributed by atoms with Gasteiger partial charge in [0.2, 0.25) is 5.89 Å². The number of nitrogens with zero attached hydrogens (tertiary/aromatic N) is 6. The summed E-state index contributed by atoms with van der Waals surface area (Å²) in [5, 5.41) is 9.44. The minimum absolute atomic E-state index is 0.00537. The van der Waals surface area contributed by atoms with Crippen molar-refractivity contribution in [3.05, 3.63) is 84.8 Å². The van der Waals surface area contributed by atoms with E-state index in [1.54, 1.807) is 30.9 Å². The van der Waals surface area contributed by atoms with E-state index in [1.165, 1.54) is 18.4 Å². The molecule has 0 bridgehead atoms. The van der Waals surface area contributed by atoms with Crippen LogP contribution in [0.1, 0.15) is 55.1 Å². The Morgan fingerprint density at radius 2 is 1.80 bits per heavy atom. The topological polar surface area (TPSA) is 108 Å². The fraction of sp³-hybridized carbons (Fsp3) is 0.406. The minimum Gasteiger partial charge on any atom is -0.444 e. The van der Waals surface area contributed by atoms with Gasteiger partial charge in [0.05, 0.1) is 5.56 Å². The van der Waals surface area contributed by atoms with Gasteiger partial charge in [0.15, 0.2) is 11.5 Å². The molecule has 2 aliphatic rings. The standard InChI is InChI=1S/C23H28F3N3O3.C9H7N3/c1-2-4-17(9-12-30)28-10-7-20-19(28)8-11-29(20)22(31)18-14-32-21(27-18)15-5-3-6-16(13-15)23(24,25)26;1-3-8(7-10-4-1)9-11-5-2-6-12-9/h3,5-6,13-14,17,19-20,30H,2,4,7-12H2,1H3;1-7H/t17-,19?,20?;/m0./s1. The van der Waals surface area contributed by atoms with Gasteiger partial charge in [-0.25, -0.2) is 15.0 Å². The maximum atomic E-state index is 13.2. The van der Waals surface area contributed by atoms with Crippen molar-refractivity contribution < 1.29 is 27.5 Å². The number of aromatic nitrogens is 4. The number of hydrogen-bond acceptors (Lipinski definition) is 8. The van der Waals surface area contributed by atoms with E-state index in [9.17, 15) is 23.1 Å². The zero-order valence-electron chi connectivity index (χ0n) is 24.4. The molecule has 3 atom stereocenters. The summed E-state index contributed by atoms with van der Waals surface area (Å²) in [5.74, 6) is 0.454. The van der Waals surface area contributed by atoms with Crippen LogP contribution in [0.3, 0.4) is 0 Å². The highest BCUT2D eigenvalue weighted by atomic mass is 19.4. The van der Waals surface area contributed by atoms with Gasteiger partial charge in [0.25, 0.3) is 5.91 Å². The molecular formula is C32H35F3N6O3. The van der Waals surface area contributed by atoms with E-state index in [0.29, 0.717) is 18.4 Å². The fourth-order valence-corrected chi connectivity index (χ4v) is 6.11. The Balaban J connectivity index is 0.000000266. The first-order valence-electron chi connectivity index (χ1n) is 14.8. The van der Waals surface area contributed by atoms with Crippen LogP contribution < -0.4 is 0 Å². The monoisotopic (exact) mass is 608 g/mol. The molecule has 1 aromatic carbocycles. The Labute approximate surface area is 253 Å². The van der Waals surface area contributed by atoms with E-state index in [4.69, 9.17) is 4.42 Å². The van der Waals surface area contributed by atoms with Crippen LogP contribution in [0.5, 0.6) is 0 Å². The van der Waals surface area contributed by atoms with E-state index in [0.717, 1.165) is 56.3 Å². The molecule has 0 aliphatic carbocycles. The number of aliphatic hydroxyl groups excluding tert-OH is 1. The van der Waals surface area contributed by atoms with Crippen LogP contribution in [0.15, 0.2) is 77.9 Å². The number of rotatable bonds is 8. The summed E-state index contributed by atoms with van der Waals surface area (Å²) in [6.45, 7) is 3.78. The Kier molecular flexibility index (Phi) is 10.0. The van der Waals surface area contributed by atoms with Crippen molar-refractivity contribution in [1.82, 2.24) is 29.7 Å². The molecule has 1 N–H and O–H groups in total. The molecule has 6 rings (SSSR count). The van der Waals surface area contributed by atoms with Gasteiger partial charge in [0, 0.05) is 73.7 Å². The summed E-state index contributed by atoms with van der Waals surface area (Å²) in [6.07, 6.45) is 8.18. The number of hydrogen-bond donors (Lipinski definition) is 1. The number of oxazole rings is 1. The van der Waals surface area contributed by atoms with Crippen molar-refractivity contribution >= 4 is 5.91 Å². The molecule has 0 radical (unpaired) electrons. The molecule has 2 saturated heterocycles. The Hall–Kier alpha value is -4.16. The zero-order valence-corrected chi connectivity index (χ0v) is 24.4. The summed E-state index contributed by atoms with van der Waals surface area (Å²) in [7, 11) is 0. The number of likely N-dealkylation sites (tertiary alicyclic amines) is 2. The molecule has 2 aliphatic heterocycles. The molecule has 44 heavy (non-hydrogen) atoms. The number of alkyl halides is 3. The summed E-state index contributed by atoms with van der Waals surface area (Å²) < 4.78 is 44.4. The van der Waals surface area contributed by atoms with Crippen LogP contribution in [-0.4, -0.2) is 78.6 Å². The Morgan fingerprint density at radius 1 is 1.02 bits per heavy atom. The summed E-state index contributed by atoms with van der Waals surface area (Å²) in [6, 6.07) is 11.0. The second-order valence-corrected chi connectivity index (χ2v) is 10.8. The predicted molar refractivity (Wildman–Crippen MR) is 157 cm³/mol. The molecule has 4 aromatic rings.